The highest BCUT2D eigenvalue weighted by atomic mass is 15.4. The van der Waals surface area contributed by atoms with Crippen molar-refractivity contribution >= 4 is 5.69 Å². The quantitative estimate of drug-likeness (QED) is 0.546. The van der Waals surface area contributed by atoms with E-state index in [9.17, 15) is 0 Å². The molecule has 0 unspecified atom stereocenters. The molecule has 3 aromatic rings. The molecule has 0 aliphatic carbocycles. The molecule has 1 aromatic heterocycles. The van der Waals surface area contributed by atoms with E-state index in [4.69, 9.17) is 0 Å². The Morgan fingerprint density at radius 1 is 0.833 bits per heavy atom. The number of aryl methyl sites for hydroxylation is 4. The molecule has 30 heavy (non-hydrogen) atoms. The lowest BCUT2D eigenvalue weighted by Gasteiger charge is -2.37. The molecule has 158 valence electrons. The van der Waals surface area contributed by atoms with Crippen molar-refractivity contribution in [1.82, 2.24) is 19.9 Å². The highest BCUT2D eigenvalue weighted by Gasteiger charge is 2.18. The number of aromatic nitrogens is 3. The van der Waals surface area contributed by atoms with Crippen molar-refractivity contribution in [2.45, 2.75) is 40.2 Å². The maximum atomic E-state index is 4.32. The minimum atomic E-state index is 0.923. The standard InChI is InChI=1S/C25H33N5/c1-20-10-11-24(22(3)18-20)29-16-14-28(15-17-29)12-6-7-13-30-25(19-26-27-30)23-9-5-4-8-21(23)2/h4-5,8-11,18-19H,6-7,12-17H2,1-3H3. The van der Waals surface area contributed by atoms with Gasteiger partial charge in [-0.05, 0) is 57.4 Å². The van der Waals surface area contributed by atoms with Gasteiger partial charge in [0.05, 0.1) is 11.9 Å². The van der Waals surface area contributed by atoms with E-state index in [1.54, 1.807) is 0 Å². The van der Waals surface area contributed by atoms with Crippen LogP contribution in [-0.4, -0.2) is 52.6 Å². The van der Waals surface area contributed by atoms with E-state index in [0.717, 1.165) is 51.4 Å². The van der Waals surface area contributed by atoms with Gasteiger partial charge in [0.15, 0.2) is 0 Å². The highest BCUT2D eigenvalue weighted by molar-refractivity contribution is 5.62. The molecule has 1 fully saturated rings. The van der Waals surface area contributed by atoms with Crippen LogP contribution in [0.2, 0.25) is 0 Å². The molecule has 2 aromatic carbocycles. The van der Waals surface area contributed by atoms with Crippen LogP contribution in [-0.2, 0) is 6.54 Å². The number of rotatable bonds is 7. The molecule has 0 spiro atoms. The zero-order chi connectivity index (χ0) is 20.9. The third kappa shape index (κ3) is 4.73. The van der Waals surface area contributed by atoms with E-state index in [1.807, 2.05) is 6.20 Å². The van der Waals surface area contributed by atoms with Crippen LogP contribution >= 0.6 is 0 Å². The van der Waals surface area contributed by atoms with Gasteiger partial charge in [0.1, 0.15) is 0 Å². The molecular formula is C25H33N5. The van der Waals surface area contributed by atoms with Crippen LogP contribution in [0.25, 0.3) is 11.3 Å². The fraction of sp³-hybridized carbons (Fsp3) is 0.440. The summed E-state index contributed by atoms with van der Waals surface area (Å²) >= 11 is 0. The molecule has 0 atom stereocenters. The van der Waals surface area contributed by atoms with E-state index in [1.165, 1.54) is 34.4 Å². The third-order valence-electron chi connectivity index (χ3n) is 6.20. The first-order valence-electron chi connectivity index (χ1n) is 11.1. The fourth-order valence-corrected chi connectivity index (χ4v) is 4.46. The van der Waals surface area contributed by atoms with Crippen LogP contribution in [0.4, 0.5) is 5.69 Å². The molecule has 1 aliphatic rings. The molecule has 0 N–H and O–H groups in total. The van der Waals surface area contributed by atoms with Gasteiger partial charge in [-0.15, -0.1) is 5.10 Å². The maximum Gasteiger partial charge on any atom is 0.0888 e. The first-order chi connectivity index (χ1) is 14.6. The van der Waals surface area contributed by atoms with Gasteiger partial charge < -0.3 is 4.90 Å². The first-order valence-corrected chi connectivity index (χ1v) is 11.1. The second-order valence-electron chi connectivity index (χ2n) is 8.48. The number of hydrogen-bond acceptors (Lipinski definition) is 4. The lowest BCUT2D eigenvalue weighted by molar-refractivity contribution is 0.250. The van der Waals surface area contributed by atoms with E-state index in [-0.39, 0.29) is 0 Å². The largest absolute Gasteiger partial charge is 0.369 e. The van der Waals surface area contributed by atoms with Crippen LogP contribution in [0.1, 0.15) is 29.5 Å². The van der Waals surface area contributed by atoms with Crippen molar-refractivity contribution in [1.29, 1.82) is 0 Å². The van der Waals surface area contributed by atoms with Crippen molar-refractivity contribution in [3.8, 4) is 11.3 Å². The smallest absolute Gasteiger partial charge is 0.0888 e. The molecule has 0 bridgehead atoms. The van der Waals surface area contributed by atoms with Gasteiger partial charge in [-0.25, -0.2) is 4.68 Å². The van der Waals surface area contributed by atoms with Gasteiger partial charge in [-0.3, -0.25) is 4.90 Å². The summed E-state index contributed by atoms with van der Waals surface area (Å²) in [6.07, 6.45) is 4.20. The third-order valence-corrected chi connectivity index (χ3v) is 6.20. The molecule has 0 amide bonds. The Labute approximate surface area is 180 Å². The zero-order valence-corrected chi connectivity index (χ0v) is 18.5. The van der Waals surface area contributed by atoms with Gasteiger partial charge in [-0.2, -0.15) is 0 Å². The maximum absolute atomic E-state index is 4.32. The second kappa shape index (κ2) is 9.43. The van der Waals surface area contributed by atoms with Crippen LogP contribution in [0.5, 0.6) is 0 Å². The number of hydrogen-bond donors (Lipinski definition) is 0. The van der Waals surface area contributed by atoms with Gasteiger partial charge in [-0.1, -0.05) is 47.2 Å². The van der Waals surface area contributed by atoms with Crippen LogP contribution in [0.15, 0.2) is 48.7 Å². The number of benzene rings is 2. The summed E-state index contributed by atoms with van der Waals surface area (Å²) in [6, 6.07) is 15.3. The zero-order valence-electron chi connectivity index (χ0n) is 18.5. The Kier molecular flexibility index (Phi) is 6.48. The molecule has 4 rings (SSSR count). The average molecular weight is 404 g/mol. The van der Waals surface area contributed by atoms with Crippen molar-refractivity contribution in [3.63, 3.8) is 0 Å². The molecule has 1 saturated heterocycles. The van der Waals surface area contributed by atoms with Crippen molar-refractivity contribution in [3.05, 3.63) is 65.4 Å². The molecular weight excluding hydrogens is 370 g/mol. The van der Waals surface area contributed by atoms with Gasteiger partial charge >= 0.3 is 0 Å². The summed E-state index contributed by atoms with van der Waals surface area (Å²) in [5.41, 5.74) is 7.74. The Balaban J connectivity index is 1.23. The predicted molar refractivity (Wildman–Crippen MR) is 124 cm³/mol. The lowest BCUT2D eigenvalue weighted by Crippen LogP contribution is -2.46. The topological polar surface area (TPSA) is 37.2 Å². The van der Waals surface area contributed by atoms with E-state index in [2.05, 4.69) is 88.0 Å². The molecule has 2 heterocycles. The number of nitrogens with zero attached hydrogens (tertiary/aromatic N) is 5. The van der Waals surface area contributed by atoms with E-state index >= 15 is 0 Å². The van der Waals surface area contributed by atoms with Crippen LogP contribution in [0.3, 0.4) is 0 Å². The minimum Gasteiger partial charge on any atom is -0.369 e. The summed E-state index contributed by atoms with van der Waals surface area (Å²) in [7, 11) is 0. The Morgan fingerprint density at radius 3 is 2.37 bits per heavy atom. The Hall–Kier alpha value is -2.66. The van der Waals surface area contributed by atoms with Gasteiger partial charge in [0.2, 0.25) is 0 Å². The lowest BCUT2D eigenvalue weighted by atomic mass is 10.1. The van der Waals surface area contributed by atoms with Crippen LogP contribution < -0.4 is 4.90 Å². The van der Waals surface area contributed by atoms with E-state index in [0.29, 0.717) is 0 Å². The normalized spacial score (nSPS) is 15.0. The first kappa shape index (κ1) is 20.6. The Bertz CT molecular complexity index is 969. The molecule has 0 radical (unpaired) electrons. The minimum absolute atomic E-state index is 0.923. The van der Waals surface area contributed by atoms with Crippen molar-refractivity contribution < 1.29 is 0 Å². The molecule has 0 saturated carbocycles. The molecule has 5 nitrogen and oxygen atoms in total. The Morgan fingerprint density at radius 2 is 1.60 bits per heavy atom. The summed E-state index contributed by atoms with van der Waals surface area (Å²) in [4.78, 5) is 5.14. The number of piperazine rings is 1. The summed E-state index contributed by atoms with van der Waals surface area (Å²) in [5.74, 6) is 0. The summed E-state index contributed by atoms with van der Waals surface area (Å²) in [6.45, 7) is 13.1. The highest BCUT2D eigenvalue weighted by Crippen LogP contribution is 2.23. The van der Waals surface area contributed by atoms with Crippen molar-refractivity contribution in [2.75, 3.05) is 37.6 Å². The van der Waals surface area contributed by atoms with Gasteiger partial charge in [0, 0.05) is 44.0 Å². The molecule has 1 aliphatic heterocycles. The predicted octanol–water partition coefficient (Wildman–Crippen LogP) is 4.47. The van der Waals surface area contributed by atoms with Crippen LogP contribution in [0, 0.1) is 20.8 Å². The fourth-order valence-electron chi connectivity index (χ4n) is 4.46. The van der Waals surface area contributed by atoms with E-state index < -0.39 is 0 Å². The SMILES string of the molecule is Cc1ccc(N2CCN(CCCCn3nncc3-c3ccccc3C)CC2)c(C)c1. The molecule has 5 heteroatoms. The monoisotopic (exact) mass is 403 g/mol. The van der Waals surface area contributed by atoms with Crippen molar-refractivity contribution in [2.24, 2.45) is 0 Å². The summed E-state index contributed by atoms with van der Waals surface area (Å²) < 4.78 is 2.06. The van der Waals surface area contributed by atoms with Gasteiger partial charge in [0.25, 0.3) is 0 Å². The average Bonchev–Trinajstić information content (AvgIpc) is 3.20. The summed E-state index contributed by atoms with van der Waals surface area (Å²) in [5, 5.41) is 8.48. The second-order valence-corrected chi connectivity index (χ2v) is 8.48. The number of unbranched alkanes of at least 4 members (excludes halogenated alkanes) is 1. The number of anilines is 1.